The minimum absolute atomic E-state index is 0. The second kappa shape index (κ2) is 8.43. The number of carbonyl (C=O) groups excluding carboxylic acids is 1. The molecule has 1 rings (SSSR count). The number of nitrogens with zero attached hydrogens (tertiary/aromatic N) is 1. The third kappa shape index (κ3) is 5.03. The fourth-order valence-corrected chi connectivity index (χ4v) is 3.38. The lowest BCUT2D eigenvalue weighted by molar-refractivity contribution is 0.0590. The summed E-state index contributed by atoms with van der Waals surface area (Å²) in [5.41, 5.74) is 1.11. The van der Waals surface area contributed by atoms with Crippen molar-refractivity contribution in [2.45, 2.75) is 11.1 Å². The highest BCUT2D eigenvalue weighted by Gasteiger charge is 2.25. The van der Waals surface area contributed by atoms with Gasteiger partial charge in [-0.3, -0.25) is 0 Å². The summed E-state index contributed by atoms with van der Waals surface area (Å²) in [6.07, 6.45) is 0. The first kappa shape index (κ1) is 18.3. The Balaban J connectivity index is 0.00000324. The number of ether oxygens (including phenoxy) is 1. The van der Waals surface area contributed by atoms with E-state index in [1.807, 2.05) is 6.92 Å². The topological polar surface area (TPSA) is 97.4 Å². The normalized spacial score (nSPS) is 10.8. The predicted molar refractivity (Wildman–Crippen MR) is 74.4 cm³/mol. The molecule has 0 saturated carbocycles. The van der Waals surface area contributed by atoms with Gasteiger partial charge in [0.25, 0.3) is 10.0 Å². The van der Waals surface area contributed by atoms with E-state index in [0.717, 1.165) is 17.9 Å². The summed E-state index contributed by atoms with van der Waals surface area (Å²) in [7, 11) is -2.54. The highest BCUT2D eigenvalue weighted by Crippen LogP contribution is 2.20. The van der Waals surface area contributed by atoms with Gasteiger partial charge in [0.1, 0.15) is 0 Å². The molecule has 0 amide bonds. The van der Waals surface area contributed by atoms with E-state index in [1.165, 1.54) is 12.6 Å². The van der Waals surface area contributed by atoms with Crippen LogP contribution < -0.4 is 10.0 Å². The van der Waals surface area contributed by atoms with Gasteiger partial charge in [0.05, 0.1) is 12.6 Å². The minimum atomic E-state index is -3.72. The molecule has 0 bridgehead atoms. The Labute approximate surface area is 122 Å². The molecule has 0 aliphatic heterocycles. The van der Waals surface area contributed by atoms with Crippen LogP contribution in [0.2, 0.25) is 0 Å². The Hall–Kier alpha value is -0.740. The summed E-state index contributed by atoms with van der Waals surface area (Å²) in [6, 6.07) is 0. The van der Waals surface area contributed by atoms with Crippen LogP contribution in [0.4, 0.5) is 0 Å². The average molecular weight is 330 g/mol. The van der Waals surface area contributed by atoms with Gasteiger partial charge in [-0.1, -0.05) is 6.92 Å². The Morgan fingerprint density at radius 1 is 1.47 bits per heavy atom. The molecule has 0 fully saturated rings. The number of hydrogen-bond acceptors (Lipinski definition) is 7. The Kier molecular flexibility index (Phi) is 8.11. The lowest BCUT2D eigenvalue weighted by atomic mass is 10.5. The summed E-state index contributed by atoms with van der Waals surface area (Å²) >= 11 is 0.881. The number of hydrogen-bond donors (Lipinski definition) is 2. The van der Waals surface area contributed by atoms with Crippen LogP contribution in [0.1, 0.15) is 17.4 Å². The van der Waals surface area contributed by atoms with Gasteiger partial charge >= 0.3 is 5.97 Å². The molecule has 0 aliphatic rings. The van der Waals surface area contributed by atoms with E-state index < -0.39 is 16.0 Å². The zero-order chi connectivity index (χ0) is 13.6. The van der Waals surface area contributed by atoms with Crippen molar-refractivity contribution in [3.05, 3.63) is 11.2 Å². The Morgan fingerprint density at radius 2 is 2.16 bits per heavy atom. The van der Waals surface area contributed by atoms with Crippen molar-refractivity contribution in [1.29, 1.82) is 0 Å². The molecule has 10 heteroatoms. The molecule has 1 aromatic heterocycles. The number of aromatic nitrogens is 1. The maximum atomic E-state index is 11.9. The van der Waals surface area contributed by atoms with Gasteiger partial charge in [0.2, 0.25) is 0 Å². The molecule has 110 valence electrons. The standard InChI is InChI=1S/C9H15N3O4S2.ClH/c1-3-10-4-5-12-18(14,15)9-7(8(13)16-2)11-6-17-9;/h6,10,12H,3-5H2,1-2H3;1H. The number of carbonyl (C=O) groups is 1. The van der Waals surface area contributed by atoms with E-state index in [1.54, 1.807) is 0 Å². The number of rotatable bonds is 7. The smallest absolute Gasteiger partial charge is 0.358 e. The second-order valence-electron chi connectivity index (χ2n) is 3.23. The molecule has 1 aromatic rings. The van der Waals surface area contributed by atoms with Crippen molar-refractivity contribution in [2.75, 3.05) is 26.7 Å². The molecule has 0 saturated heterocycles. The predicted octanol–water partition coefficient (Wildman–Crippen LogP) is 0.239. The van der Waals surface area contributed by atoms with Crippen molar-refractivity contribution < 1.29 is 17.9 Å². The van der Waals surface area contributed by atoms with Crippen LogP contribution in [-0.2, 0) is 14.8 Å². The number of halogens is 1. The molecule has 0 atom stereocenters. The molecular formula is C9H16ClN3O4S2. The van der Waals surface area contributed by atoms with Gasteiger partial charge in [0.15, 0.2) is 9.90 Å². The summed E-state index contributed by atoms with van der Waals surface area (Å²) in [4.78, 5) is 15.0. The largest absolute Gasteiger partial charge is 0.464 e. The van der Waals surface area contributed by atoms with Crippen molar-refractivity contribution in [2.24, 2.45) is 0 Å². The summed E-state index contributed by atoms with van der Waals surface area (Å²) in [5, 5.41) is 2.98. The quantitative estimate of drug-likeness (QED) is 0.549. The lowest BCUT2D eigenvalue weighted by Crippen LogP contribution is -2.32. The zero-order valence-electron chi connectivity index (χ0n) is 10.5. The number of thiazole rings is 1. The molecule has 0 spiro atoms. The Morgan fingerprint density at radius 3 is 2.74 bits per heavy atom. The van der Waals surface area contributed by atoms with Crippen LogP contribution in [-0.4, -0.2) is 46.1 Å². The van der Waals surface area contributed by atoms with E-state index in [9.17, 15) is 13.2 Å². The number of esters is 1. The van der Waals surface area contributed by atoms with Gasteiger partial charge in [0, 0.05) is 13.1 Å². The number of likely N-dealkylation sites (N-methyl/N-ethyl adjacent to an activating group) is 1. The van der Waals surface area contributed by atoms with Crippen LogP contribution in [0.3, 0.4) is 0 Å². The molecule has 0 radical (unpaired) electrons. The minimum Gasteiger partial charge on any atom is -0.464 e. The van der Waals surface area contributed by atoms with E-state index in [-0.39, 0.29) is 28.9 Å². The fourth-order valence-electron chi connectivity index (χ4n) is 1.17. The summed E-state index contributed by atoms with van der Waals surface area (Å²) in [6.45, 7) is 3.44. The molecular weight excluding hydrogens is 314 g/mol. The molecule has 0 aliphatic carbocycles. The number of sulfonamides is 1. The number of nitrogens with one attached hydrogen (secondary N) is 2. The van der Waals surface area contributed by atoms with Crippen molar-refractivity contribution in [3.8, 4) is 0 Å². The van der Waals surface area contributed by atoms with Crippen molar-refractivity contribution >= 4 is 39.7 Å². The fraction of sp³-hybridized carbons (Fsp3) is 0.556. The molecule has 1 heterocycles. The van der Waals surface area contributed by atoms with Gasteiger partial charge in [-0.25, -0.2) is 22.9 Å². The first-order valence-electron chi connectivity index (χ1n) is 5.25. The van der Waals surface area contributed by atoms with Crippen LogP contribution in [0.15, 0.2) is 9.72 Å². The van der Waals surface area contributed by atoms with Crippen molar-refractivity contribution in [1.82, 2.24) is 15.0 Å². The third-order valence-electron chi connectivity index (χ3n) is 2.00. The number of methoxy groups -OCH3 is 1. The van der Waals surface area contributed by atoms with Crippen LogP contribution in [0.25, 0.3) is 0 Å². The first-order chi connectivity index (χ1) is 8.53. The second-order valence-corrected chi connectivity index (χ2v) is 6.05. The van der Waals surface area contributed by atoms with Crippen LogP contribution >= 0.6 is 23.7 Å². The Bertz CT molecular complexity index is 503. The zero-order valence-corrected chi connectivity index (χ0v) is 13.0. The molecule has 0 aromatic carbocycles. The van der Waals surface area contributed by atoms with Crippen LogP contribution in [0.5, 0.6) is 0 Å². The monoisotopic (exact) mass is 329 g/mol. The van der Waals surface area contributed by atoms with Gasteiger partial charge in [-0.2, -0.15) is 0 Å². The maximum Gasteiger partial charge on any atom is 0.358 e. The molecule has 19 heavy (non-hydrogen) atoms. The van der Waals surface area contributed by atoms with E-state index in [4.69, 9.17) is 0 Å². The molecule has 0 unspecified atom stereocenters. The highest BCUT2D eigenvalue weighted by atomic mass is 35.5. The summed E-state index contributed by atoms with van der Waals surface area (Å²) in [5.74, 6) is -0.761. The molecule has 7 nitrogen and oxygen atoms in total. The van der Waals surface area contributed by atoms with Crippen LogP contribution in [0, 0.1) is 0 Å². The summed E-state index contributed by atoms with van der Waals surface area (Å²) < 4.78 is 30.6. The highest BCUT2D eigenvalue weighted by molar-refractivity contribution is 7.91. The first-order valence-corrected chi connectivity index (χ1v) is 7.61. The maximum absolute atomic E-state index is 11.9. The van der Waals surface area contributed by atoms with Gasteiger partial charge < -0.3 is 10.1 Å². The van der Waals surface area contributed by atoms with Crippen molar-refractivity contribution in [3.63, 3.8) is 0 Å². The van der Waals surface area contributed by atoms with E-state index in [0.29, 0.717) is 6.54 Å². The van der Waals surface area contributed by atoms with E-state index >= 15 is 0 Å². The lowest BCUT2D eigenvalue weighted by Gasteiger charge is -2.06. The van der Waals surface area contributed by atoms with Gasteiger partial charge in [-0.05, 0) is 6.54 Å². The molecule has 2 N–H and O–H groups in total. The SMILES string of the molecule is CCNCCNS(=O)(=O)c1scnc1C(=O)OC.Cl. The van der Waals surface area contributed by atoms with Gasteiger partial charge in [-0.15, -0.1) is 23.7 Å². The third-order valence-corrected chi connectivity index (χ3v) is 4.83. The average Bonchev–Trinajstić information content (AvgIpc) is 2.83. The van der Waals surface area contributed by atoms with E-state index in [2.05, 4.69) is 19.8 Å².